The molecule has 0 radical (unpaired) electrons. The molecule has 1 nitrogen and oxygen atoms in total. The molecule has 2 N–H and O–H groups in total. The third-order valence-corrected chi connectivity index (χ3v) is 3.50. The minimum atomic E-state index is 0.342. The molecule has 0 heterocycles. The van der Waals surface area contributed by atoms with Gasteiger partial charge in [0.1, 0.15) is 0 Å². The molecule has 0 aromatic heterocycles. The summed E-state index contributed by atoms with van der Waals surface area (Å²) in [6.07, 6.45) is 6.70. The van der Waals surface area contributed by atoms with Crippen LogP contribution in [0.4, 0.5) is 0 Å². The summed E-state index contributed by atoms with van der Waals surface area (Å²) in [4.78, 5) is 0. The van der Waals surface area contributed by atoms with Gasteiger partial charge in [-0.1, -0.05) is 33.6 Å². The van der Waals surface area contributed by atoms with Crippen LogP contribution in [-0.4, -0.2) is 6.04 Å². The lowest BCUT2D eigenvalue weighted by Gasteiger charge is -2.30. The van der Waals surface area contributed by atoms with Crippen LogP contribution in [0.2, 0.25) is 0 Å². The minimum Gasteiger partial charge on any atom is -0.327 e. The molecule has 1 rings (SSSR count). The zero-order chi connectivity index (χ0) is 9.19. The molecule has 72 valence electrons. The van der Waals surface area contributed by atoms with Gasteiger partial charge in [0, 0.05) is 6.04 Å². The molecule has 1 atom stereocenters. The van der Waals surface area contributed by atoms with Crippen LogP contribution in [0.15, 0.2) is 0 Å². The fourth-order valence-electron chi connectivity index (χ4n) is 1.47. The fraction of sp³-hybridized carbons (Fsp3) is 1.00. The van der Waals surface area contributed by atoms with Crippen LogP contribution in [0.25, 0.3) is 0 Å². The number of rotatable bonds is 5. The molecule has 1 saturated carbocycles. The molecule has 1 unspecified atom stereocenters. The molecule has 1 aliphatic carbocycles. The molecular weight excluding hydrogens is 146 g/mol. The number of hydrogen-bond donors (Lipinski definition) is 1. The molecular formula is C11H23N. The molecule has 0 aliphatic heterocycles. The first-order valence-corrected chi connectivity index (χ1v) is 5.32. The third-order valence-electron chi connectivity index (χ3n) is 3.50. The molecule has 0 spiro atoms. The summed E-state index contributed by atoms with van der Waals surface area (Å²) in [6, 6.07) is 0.406. The molecule has 12 heavy (non-hydrogen) atoms. The Morgan fingerprint density at radius 1 is 1.42 bits per heavy atom. The first kappa shape index (κ1) is 10.0. The lowest BCUT2D eigenvalue weighted by atomic mass is 9.80. The standard InChI is InChI=1S/C11H23N/c1-4-11(2,3)10(12)8-7-9-5-6-9/h9-10H,4-8,12H2,1-3H3. The van der Waals surface area contributed by atoms with Gasteiger partial charge in [0.15, 0.2) is 0 Å². The summed E-state index contributed by atoms with van der Waals surface area (Å²) in [6.45, 7) is 6.80. The Labute approximate surface area is 76.7 Å². The van der Waals surface area contributed by atoms with Gasteiger partial charge in [0.2, 0.25) is 0 Å². The second-order valence-electron chi connectivity index (χ2n) is 4.97. The van der Waals surface area contributed by atoms with Crippen molar-refractivity contribution in [3.8, 4) is 0 Å². The van der Waals surface area contributed by atoms with Crippen LogP contribution in [0.3, 0.4) is 0 Å². The summed E-state index contributed by atoms with van der Waals surface area (Å²) >= 11 is 0. The molecule has 0 saturated heterocycles. The Hall–Kier alpha value is -0.0400. The maximum Gasteiger partial charge on any atom is 0.00902 e. The zero-order valence-electron chi connectivity index (χ0n) is 8.77. The van der Waals surface area contributed by atoms with E-state index >= 15 is 0 Å². The lowest BCUT2D eigenvalue weighted by Crippen LogP contribution is -2.36. The maximum absolute atomic E-state index is 6.14. The van der Waals surface area contributed by atoms with Crippen molar-refractivity contribution in [3.63, 3.8) is 0 Å². The first-order valence-electron chi connectivity index (χ1n) is 5.32. The van der Waals surface area contributed by atoms with Crippen molar-refractivity contribution in [3.05, 3.63) is 0 Å². The zero-order valence-corrected chi connectivity index (χ0v) is 8.77. The van der Waals surface area contributed by atoms with Crippen LogP contribution in [0, 0.1) is 11.3 Å². The SMILES string of the molecule is CCC(C)(C)C(N)CCC1CC1. The second-order valence-corrected chi connectivity index (χ2v) is 4.97. The van der Waals surface area contributed by atoms with Gasteiger partial charge in [0.25, 0.3) is 0 Å². The molecule has 0 aromatic carbocycles. The second kappa shape index (κ2) is 3.78. The average molecular weight is 169 g/mol. The van der Waals surface area contributed by atoms with Crippen LogP contribution in [-0.2, 0) is 0 Å². The largest absolute Gasteiger partial charge is 0.327 e. The fourth-order valence-corrected chi connectivity index (χ4v) is 1.47. The Kier molecular flexibility index (Phi) is 3.16. The summed E-state index contributed by atoms with van der Waals surface area (Å²) in [5.41, 5.74) is 6.48. The Morgan fingerprint density at radius 3 is 2.42 bits per heavy atom. The molecule has 0 amide bonds. The Balaban J connectivity index is 2.20. The molecule has 1 fully saturated rings. The topological polar surface area (TPSA) is 26.0 Å². The van der Waals surface area contributed by atoms with Crippen molar-refractivity contribution in [1.29, 1.82) is 0 Å². The van der Waals surface area contributed by atoms with Crippen molar-refractivity contribution in [2.45, 2.75) is 58.9 Å². The maximum atomic E-state index is 6.14. The highest BCUT2D eigenvalue weighted by atomic mass is 14.7. The van der Waals surface area contributed by atoms with Crippen LogP contribution >= 0.6 is 0 Å². The van der Waals surface area contributed by atoms with E-state index in [0.717, 1.165) is 5.92 Å². The smallest absolute Gasteiger partial charge is 0.00902 e. The van der Waals surface area contributed by atoms with E-state index < -0.39 is 0 Å². The van der Waals surface area contributed by atoms with E-state index in [1.54, 1.807) is 0 Å². The van der Waals surface area contributed by atoms with E-state index in [2.05, 4.69) is 20.8 Å². The van der Waals surface area contributed by atoms with Crippen molar-refractivity contribution >= 4 is 0 Å². The predicted octanol–water partition coefficient (Wildman–Crippen LogP) is 2.94. The van der Waals surface area contributed by atoms with Gasteiger partial charge in [-0.2, -0.15) is 0 Å². The van der Waals surface area contributed by atoms with Crippen molar-refractivity contribution in [1.82, 2.24) is 0 Å². The Bertz CT molecular complexity index is 136. The summed E-state index contributed by atoms with van der Waals surface area (Å²) in [5.74, 6) is 1.03. The number of hydrogen-bond acceptors (Lipinski definition) is 1. The van der Waals surface area contributed by atoms with E-state index in [1.807, 2.05) is 0 Å². The summed E-state index contributed by atoms with van der Waals surface area (Å²) in [5, 5.41) is 0. The average Bonchev–Trinajstić information content (AvgIpc) is 2.83. The van der Waals surface area contributed by atoms with E-state index in [1.165, 1.54) is 32.1 Å². The normalized spacial score (nSPS) is 21.0. The quantitative estimate of drug-likeness (QED) is 0.673. The van der Waals surface area contributed by atoms with Crippen LogP contribution < -0.4 is 5.73 Å². The van der Waals surface area contributed by atoms with E-state index in [4.69, 9.17) is 5.73 Å². The molecule has 1 aliphatic rings. The van der Waals surface area contributed by atoms with Crippen LogP contribution in [0.1, 0.15) is 52.9 Å². The van der Waals surface area contributed by atoms with E-state index in [0.29, 0.717) is 11.5 Å². The first-order chi connectivity index (χ1) is 5.56. The highest BCUT2D eigenvalue weighted by Crippen LogP contribution is 2.36. The molecule has 0 bridgehead atoms. The van der Waals surface area contributed by atoms with E-state index in [-0.39, 0.29) is 0 Å². The predicted molar refractivity (Wildman–Crippen MR) is 54.0 cm³/mol. The highest BCUT2D eigenvalue weighted by Gasteiger charge is 2.27. The lowest BCUT2D eigenvalue weighted by molar-refractivity contribution is 0.256. The van der Waals surface area contributed by atoms with Gasteiger partial charge in [-0.05, 0) is 30.6 Å². The molecule has 0 aromatic rings. The summed E-state index contributed by atoms with van der Waals surface area (Å²) in [7, 11) is 0. The van der Waals surface area contributed by atoms with E-state index in [9.17, 15) is 0 Å². The molecule has 1 heteroatoms. The van der Waals surface area contributed by atoms with Crippen molar-refractivity contribution in [2.24, 2.45) is 17.1 Å². The van der Waals surface area contributed by atoms with Crippen LogP contribution in [0.5, 0.6) is 0 Å². The third kappa shape index (κ3) is 2.78. The van der Waals surface area contributed by atoms with Gasteiger partial charge in [0.05, 0.1) is 0 Å². The van der Waals surface area contributed by atoms with Crippen molar-refractivity contribution in [2.75, 3.05) is 0 Å². The number of nitrogens with two attached hydrogens (primary N) is 1. The van der Waals surface area contributed by atoms with Gasteiger partial charge >= 0.3 is 0 Å². The van der Waals surface area contributed by atoms with Gasteiger partial charge < -0.3 is 5.73 Å². The van der Waals surface area contributed by atoms with Gasteiger partial charge in [-0.3, -0.25) is 0 Å². The Morgan fingerprint density at radius 2 is 2.00 bits per heavy atom. The van der Waals surface area contributed by atoms with Gasteiger partial charge in [-0.25, -0.2) is 0 Å². The van der Waals surface area contributed by atoms with Crippen molar-refractivity contribution < 1.29 is 0 Å². The van der Waals surface area contributed by atoms with Gasteiger partial charge in [-0.15, -0.1) is 0 Å². The minimum absolute atomic E-state index is 0.342. The highest BCUT2D eigenvalue weighted by molar-refractivity contribution is 4.83. The summed E-state index contributed by atoms with van der Waals surface area (Å²) < 4.78 is 0. The monoisotopic (exact) mass is 169 g/mol.